The van der Waals surface area contributed by atoms with Crippen molar-refractivity contribution in [3.05, 3.63) is 18.2 Å². The van der Waals surface area contributed by atoms with E-state index >= 15 is 0 Å². The van der Waals surface area contributed by atoms with Crippen molar-refractivity contribution in [3.63, 3.8) is 0 Å². The van der Waals surface area contributed by atoms with Gasteiger partial charge >= 0.3 is 0 Å². The molecule has 1 aromatic rings. The van der Waals surface area contributed by atoms with Gasteiger partial charge in [-0.05, 0) is 18.1 Å². The van der Waals surface area contributed by atoms with Gasteiger partial charge in [0.05, 0.1) is 26.5 Å². The van der Waals surface area contributed by atoms with Crippen LogP contribution in [0, 0.1) is 5.92 Å². The normalized spacial score (nSPS) is 10.3. The van der Waals surface area contributed by atoms with E-state index in [-0.39, 0.29) is 18.4 Å². The van der Waals surface area contributed by atoms with Crippen LogP contribution < -0.4 is 14.8 Å². The summed E-state index contributed by atoms with van der Waals surface area (Å²) in [4.78, 5) is 25.3. The molecule has 0 radical (unpaired) electrons. The third-order valence-corrected chi connectivity index (χ3v) is 3.05. The Kier molecular flexibility index (Phi) is 6.69. The molecule has 0 spiro atoms. The van der Waals surface area contributed by atoms with Crippen LogP contribution in [0.15, 0.2) is 18.2 Å². The minimum absolute atomic E-state index is 0.00781. The molecule has 0 saturated heterocycles. The summed E-state index contributed by atoms with van der Waals surface area (Å²) in [7, 11) is 3.08. The van der Waals surface area contributed by atoms with E-state index in [0.29, 0.717) is 29.6 Å². The van der Waals surface area contributed by atoms with Crippen LogP contribution in [0.1, 0.15) is 20.8 Å². The van der Waals surface area contributed by atoms with Crippen LogP contribution in [-0.2, 0) is 9.59 Å². The lowest BCUT2D eigenvalue weighted by Crippen LogP contribution is -2.38. The summed E-state index contributed by atoms with van der Waals surface area (Å²) in [6.45, 7) is 6.01. The topological polar surface area (TPSA) is 67.9 Å². The molecule has 0 bridgehead atoms. The maximum Gasteiger partial charge on any atom is 0.244 e. The Bertz CT molecular complexity index is 529. The summed E-state index contributed by atoms with van der Waals surface area (Å²) in [6, 6.07) is 5.14. The van der Waals surface area contributed by atoms with E-state index in [9.17, 15) is 9.59 Å². The van der Waals surface area contributed by atoms with Crippen LogP contribution in [0.2, 0.25) is 0 Å². The van der Waals surface area contributed by atoms with Gasteiger partial charge in [-0.2, -0.15) is 0 Å². The SMILES string of the molecule is COc1ccc(OC)c(NC(=O)CN(CC(C)C)C(C)=O)c1. The Morgan fingerprint density at radius 1 is 1.23 bits per heavy atom. The lowest BCUT2D eigenvalue weighted by atomic mass is 10.2. The first-order valence-corrected chi connectivity index (χ1v) is 7.14. The largest absolute Gasteiger partial charge is 0.497 e. The number of carbonyl (C=O) groups is 2. The third-order valence-electron chi connectivity index (χ3n) is 3.05. The number of carbonyl (C=O) groups excluding carboxylic acids is 2. The zero-order valence-electron chi connectivity index (χ0n) is 13.8. The van der Waals surface area contributed by atoms with E-state index in [2.05, 4.69) is 5.32 Å². The first kappa shape index (κ1) is 17.8. The highest BCUT2D eigenvalue weighted by Crippen LogP contribution is 2.28. The van der Waals surface area contributed by atoms with Crippen LogP contribution in [-0.4, -0.2) is 44.0 Å². The fourth-order valence-electron chi connectivity index (χ4n) is 2.02. The van der Waals surface area contributed by atoms with E-state index in [4.69, 9.17) is 9.47 Å². The maximum atomic E-state index is 12.2. The number of hydrogen-bond acceptors (Lipinski definition) is 4. The average molecular weight is 308 g/mol. The van der Waals surface area contributed by atoms with Crippen molar-refractivity contribution in [2.75, 3.05) is 32.6 Å². The molecule has 0 heterocycles. The Morgan fingerprint density at radius 3 is 2.41 bits per heavy atom. The minimum atomic E-state index is -0.276. The Labute approximate surface area is 131 Å². The predicted octanol–water partition coefficient (Wildman–Crippen LogP) is 2.15. The monoisotopic (exact) mass is 308 g/mol. The third kappa shape index (κ3) is 5.27. The zero-order valence-corrected chi connectivity index (χ0v) is 13.8. The minimum Gasteiger partial charge on any atom is -0.497 e. The molecule has 0 fully saturated rings. The smallest absolute Gasteiger partial charge is 0.244 e. The highest BCUT2D eigenvalue weighted by Gasteiger charge is 2.16. The van der Waals surface area contributed by atoms with E-state index in [1.165, 1.54) is 18.9 Å². The lowest BCUT2D eigenvalue weighted by Gasteiger charge is -2.22. The molecule has 6 heteroatoms. The summed E-state index contributed by atoms with van der Waals surface area (Å²) in [5.41, 5.74) is 0.514. The molecule has 1 rings (SSSR count). The molecule has 22 heavy (non-hydrogen) atoms. The molecule has 0 aliphatic heterocycles. The zero-order chi connectivity index (χ0) is 16.7. The Morgan fingerprint density at radius 2 is 1.91 bits per heavy atom. The van der Waals surface area contributed by atoms with Gasteiger partial charge in [0.2, 0.25) is 11.8 Å². The summed E-state index contributed by atoms with van der Waals surface area (Å²) >= 11 is 0. The molecule has 0 unspecified atom stereocenters. The Balaban J connectivity index is 2.81. The fourth-order valence-corrected chi connectivity index (χ4v) is 2.02. The molecular weight excluding hydrogens is 284 g/mol. The van der Waals surface area contributed by atoms with Gasteiger partial charge in [-0.3, -0.25) is 9.59 Å². The van der Waals surface area contributed by atoms with Gasteiger partial charge < -0.3 is 19.7 Å². The van der Waals surface area contributed by atoms with Crippen molar-refractivity contribution < 1.29 is 19.1 Å². The van der Waals surface area contributed by atoms with E-state index in [0.717, 1.165) is 0 Å². The van der Waals surface area contributed by atoms with Gasteiger partial charge in [0.15, 0.2) is 0 Å². The number of nitrogens with one attached hydrogen (secondary N) is 1. The number of anilines is 1. The number of hydrogen-bond donors (Lipinski definition) is 1. The summed E-state index contributed by atoms with van der Waals surface area (Å²) in [5, 5.41) is 2.76. The number of nitrogens with zero attached hydrogens (tertiary/aromatic N) is 1. The maximum absolute atomic E-state index is 12.2. The van der Waals surface area contributed by atoms with Crippen LogP contribution in [0.3, 0.4) is 0 Å². The molecule has 122 valence electrons. The van der Waals surface area contributed by atoms with E-state index in [1.54, 1.807) is 25.3 Å². The van der Waals surface area contributed by atoms with Gasteiger partial charge in [0, 0.05) is 19.5 Å². The summed E-state index contributed by atoms with van der Waals surface area (Å²) < 4.78 is 10.3. The van der Waals surface area contributed by atoms with Crippen molar-refractivity contribution in [3.8, 4) is 11.5 Å². The second-order valence-electron chi connectivity index (χ2n) is 5.41. The molecule has 1 aromatic carbocycles. The predicted molar refractivity (Wildman–Crippen MR) is 85.3 cm³/mol. The van der Waals surface area contributed by atoms with Gasteiger partial charge in [-0.15, -0.1) is 0 Å². The highest BCUT2D eigenvalue weighted by atomic mass is 16.5. The number of benzene rings is 1. The number of ether oxygens (including phenoxy) is 2. The second kappa shape index (κ2) is 8.26. The van der Waals surface area contributed by atoms with Crippen LogP contribution >= 0.6 is 0 Å². The molecule has 1 N–H and O–H groups in total. The molecule has 6 nitrogen and oxygen atoms in total. The molecule has 0 aliphatic carbocycles. The number of rotatable bonds is 7. The van der Waals surface area contributed by atoms with E-state index in [1.807, 2.05) is 13.8 Å². The van der Waals surface area contributed by atoms with Crippen molar-refractivity contribution in [1.82, 2.24) is 4.90 Å². The van der Waals surface area contributed by atoms with Gasteiger partial charge in [0.1, 0.15) is 11.5 Å². The summed E-state index contributed by atoms with van der Waals surface area (Å²) in [6.07, 6.45) is 0. The molecule has 0 atom stereocenters. The molecule has 0 aliphatic rings. The van der Waals surface area contributed by atoms with Crippen LogP contribution in [0.4, 0.5) is 5.69 Å². The quantitative estimate of drug-likeness (QED) is 0.838. The molecule has 2 amide bonds. The van der Waals surface area contributed by atoms with Gasteiger partial charge in [-0.25, -0.2) is 0 Å². The number of methoxy groups -OCH3 is 2. The number of amides is 2. The van der Waals surface area contributed by atoms with Crippen molar-refractivity contribution >= 4 is 17.5 Å². The van der Waals surface area contributed by atoms with Crippen molar-refractivity contribution in [2.45, 2.75) is 20.8 Å². The first-order valence-electron chi connectivity index (χ1n) is 7.14. The van der Waals surface area contributed by atoms with Crippen molar-refractivity contribution in [2.24, 2.45) is 5.92 Å². The lowest BCUT2D eigenvalue weighted by molar-refractivity contribution is -0.133. The molecule has 0 saturated carbocycles. The summed E-state index contributed by atoms with van der Waals surface area (Å²) in [5.74, 6) is 1.04. The average Bonchev–Trinajstić information content (AvgIpc) is 2.45. The van der Waals surface area contributed by atoms with Gasteiger partial charge in [0.25, 0.3) is 0 Å². The fraction of sp³-hybridized carbons (Fsp3) is 0.500. The van der Waals surface area contributed by atoms with Gasteiger partial charge in [-0.1, -0.05) is 13.8 Å². The van der Waals surface area contributed by atoms with Crippen molar-refractivity contribution in [1.29, 1.82) is 0 Å². The molecule has 0 aromatic heterocycles. The standard InChI is InChI=1S/C16H24N2O4/c1-11(2)9-18(12(3)19)10-16(20)17-14-8-13(21-4)6-7-15(14)22-5/h6-8,11H,9-10H2,1-5H3,(H,17,20). The Hall–Kier alpha value is -2.24. The van der Waals surface area contributed by atoms with E-state index < -0.39 is 0 Å². The first-order chi connectivity index (χ1) is 10.4. The highest BCUT2D eigenvalue weighted by molar-refractivity contribution is 5.95. The van der Waals surface area contributed by atoms with Crippen LogP contribution in [0.25, 0.3) is 0 Å². The van der Waals surface area contributed by atoms with Crippen LogP contribution in [0.5, 0.6) is 11.5 Å². The second-order valence-corrected chi connectivity index (χ2v) is 5.41. The molecular formula is C16H24N2O4.